The van der Waals surface area contributed by atoms with Gasteiger partial charge in [-0.1, -0.05) is 13.0 Å². The Morgan fingerprint density at radius 2 is 2.23 bits per heavy atom. The van der Waals surface area contributed by atoms with E-state index in [2.05, 4.69) is 11.8 Å². The summed E-state index contributed by atoms with van der Waals surface area (Å²) in [5, 5.41) is 8.43. The Bertz CT molecular complexity index is 201. The number of hydrogen-bond donors (Lipinski definition) is 0. The van der Waals surface area contributed by atoms with E-state index in [1.165, 1.54) is 0 Å². The molecule has 1 unspecified atom stereocenters. The topological polar surface area (TPSA) is 36.3 Å². The maximum Gasteiger partial charge on any atom is 0.0909 e. The Morgan fingerprint density at radius 3 is 2.77 bits per heavy atom. The lowest BCUT2D eigenvalue weighted by molar-refractivity contribution is 0.0250. The maximum atomic E-state index is 8.43. The highest BCUT2D eigenvalue weighted by Gasteiger charge is 2.16. The van der Waals surface area contributed by atoms with E-state index < -0.39 is 0 Å². The SMILES string of the molecule is CCC(C=CC#N)N1CCOCC1. The third kappa shape index (κ3) is 3.17. The lowest BCUT2D eigenvalue weighted by Gasteiger charge is -2.32. The summed E-state index contributed by atoms with van der Waals surface area (Å²) in [6, 6.07) is 2.44. The molecule has 0 spiro atoms. The predicted octanol–water partition coefficient (Wildman–Crippen LogP) is 1.18. The van der Waals surface area contributed by atoms with E-state index in [0.717, 1.165) is 32.7 Å². The van der Waals surface area contributed by atoms with Gasteiger partial charge in [0, 0.05) is 25.2 Å². The largest absolute Gasteiger partial charge is 0.379 e. The van der Waals surface area contributed by atoms with Crippen molar-refractivity contribution in [1.29, 1.82) is 5.26 Å². The first-order chi connectivity index (χ1) is 6.38. The van der Waals surface area contributed by atoms with Gasteiger partial charge in [0.2, 0.25) is 0 Å². The molecule has 0 radical (unpaired) electrons. The molecular weight excluding hydrogens is 164 g/mol. The molecule has 0 aromatic rings. The predicted molar refractivity (Wildman–Crippen MR) is 51.2 cm³/mol. The zero-order valence-electron chi connectivity index (χ0n) is 8.07. The first-order valence-corrected chi connectivity index (χ1v) is 4.76. The fourth-order valence-corrected chi connectivity index (χ4v) is 1.58. The van der Waals surface area contributed by atoms with Gasteiger partial charge in [-0.15, -0.1) is 0 Å². The van der Waals surface area contributed by atoms with Crippen molar-refractivity contribution >= 4 is 0 Å². The third-order valence-corrected chi connectivity index (χ3v) is 2.33. The summed E-state index contributed by atoms with van der Waals surface area (Å²) in [5.74, 6) is 0. The average Bonchev–Trinajstić information content (AvgIpc) is 2.21. The molecule has 1 atom stereocenters. The van der Waals surface area contributed by atoms with Crippen LogP contribution in [0.15, 0.2) is 12.2 Å². The molecule has 0 N–H and O–H groups in total. The van der Waals surface area contributed by atoms with Crippen molar-refractivity contribution in [3.8, 4) is 6.07 Å². The van der Waals surface area contributed by atoms with Gasteiger partial charge in [-0.2, -0.15) is 5.26 Å². The quantitative estimate of drug-likeness (QED) is 0.612. The van der Waals surface area contributed by atoms with Gasteiger partial charge in [0.15, 0.2) is 0 Å². The minimum Gasteiger partial charge on any atom is -0.379 e. The second-order valence-electron chi connectivity index (χ2n) is 3.11. The molecule has 0 bridgehead atoms. The summed E-state index contributed by atoms with van der Waals surface area (Å²) in [7, 11) is 0. The fourth-order valence-electron chi connectivity index (χ4n) is 1.58. The van der Waals surface area contributed by atoms with Crippen LogP contribution < -0.4 is 0 Å². The third-order valence-electron chi connectivity index (χ3n) is 2.33. The molecule has 0 aromatic heterocycles. The molecule has 0 aliphatic carbocycles. The lowest BCUT2D eigenvalue weighted by atomic mass is 10.1. The van der Waals surface area contributed by atoms with Crippen molar-refractivity contribution in [1.82, 2.24) is 4.90 Å². The highest BCUT2D eigenvalue weighted by atomic mass is 16.5. The van der Waals surface area contributed by atoms with Crippen LogP contribution in [-0.2, 0) is 4.74 Å². The second kappa shape index (κ2) is 5.74. The summed E-state index contributed by atoms with van der Waals surface area (Å²) in [6.07, 6.45) is 4.60. The van der Waals surface area contributed by atoms with Crippen molar-refractivity contribution in [2.45, 2.75) is 19.4 Å². The lowest BCUT2D eigenvalue weighted by Crippen LogP contribution is -2.42. The van der Waals surface area contributed by atoms with Crippen LogP contribution in [0.1, 0.15) is 13.3 Å². The first-order valence-electron chi connectivity index (χ1n) is 4.76. The van der Waals surface area contributed by atoms with Crippen LogP contribution in [0.25, 0.3) is 0 Å². The molecule has 0 saturated carbocycles. The molecule has 13 heavy (non-hydrogen) atoms. The summed E-state index contributed by atoms with van der Waals surface area (Å²) >= 11 is 0. The van der Waals surface area contributed by atoms with E-state index in [9.17, 15) is 0 Å². The molecular formula is C10H16N2O. The van der Waals surface area contributed by atoms with Gasteiger partial charge in [0.1, 0.15) is 0 Å². The minimum atomic E-state index is 0.406. The second-order valence-corrected chi connectivity index (χ2v) is 3.11. The van der Waals surface area contributed by atoms with Crippen molar-refractivity contribution in [2.24, 2.45) is 0 Å². The van der Waals surface area contributed by atoms with Crippen LogP contribution >= 0.6 is 0 Å². The highest BCUT2D eigenvalue weighted by Crippen LogP contribution is 2.08. The first kappa shape index (κ1) is 10.2. The number of hydrogen-bond acceptors (Lipinski definition) is 3. The number of ether oxygens (including phenoxy) is 1. The van der Waals surface area contributed by atoms with Crippen LogP contribution in [-0.4, -0.2) is 37.2 Å². The van der Waals surface area contributed by atoms with Crippen LogP contribution in [0, 0.1) is 11.3 Å². The molecule has 1 saturated heterocycles. The van der Waals surface area contributed by atoms with Crippen molar-refractivity contribution in [3.63, 3.8) is 0 Å². The summed E-state index contributed by atoms with van der Waals surface area (Å²) in [5.41, 5.74) is 0. The zero-order valence-corrected chi connectivity index (χ0v) is 8.07. The molecule has 0 amide bonds. The Kier molecular flexibility index (Phi) is 4.52. The Hall–Kier alpha value is -0.850. The molecule has 1 rings (SSSR count). The van der Waals surface area contributed by atoms with E-state index in [1.807, 2.05) is 12.1 Å². The Balaban J connectivity index is 2.44. The van der Waals surface area contributed by atoms with E-state index in [4.69, 9.17) is 10.00 Å². The van der Waals surface area contributed by atoms with Crippen LogP contribution in [0.3, 0.4) is 0 Å². The molecule has 1 aliphatic rings. The molecule has 1 aliphatic heterocycles. The minimum absolute atomic E-state index is 0.406. The van der Waals surface area contributed by atoms with E-state index in [-0.39, 0.29) is 0 Å². The summed E-state index contributed by atoms with van der Waals surface area (Å²) < 4.78 is 5.27. The Labute approximate surface area is 79.6 Å². The molecule has 3 heteroatoms. The normalized spacial score (nSPS) is 21.5. The monoisotopic (exact) mass is 180 g/mol. The van der Waals surface area contributed by atoms with Gasteiger partial charge in [-0.3, -0.25) is 4.90 Å². The fraction of sp³-hybridized carbons (Fsp3) is 0.700. The highest BCUT2D eigenvalue weighted by molar-refractivity contribution is 5.06. The van der Waals surface area contributed by atoms with Gasteiger partial charge < -0.3 is 4.74 Å². The average molecular weight is 180 g/mol. The van der Waals surface area contributed by atoms with Crippen molar-refractivity contribution in [3.05, 3.63) is 12.2 Å². The molecule has 72 valence electrons. The van der Waals surface area contributed by atoms with Crippen LogP contribution in [0.5, 0.6) is 0 Å². The van der Waals surface area contributed by atoms with Crippen LogP contribution in [0.2, 0.25) is 0 Å². The van der Waals surface area contributed by atoms with E-state index in [0.29, 0.717) is 6.04 Å². The number of allylic oxidation sites excluding steroid dienone is 1. The standard InChI is InChI=1S/C10H16N2O/c1-2-10(4-3-5-11)12-6-8-13-9-7-12/h3-4,10H,2,6-9H2,1H3. The van der Waals surface area contributed by atoms with Gasteiger partial charge in [0.25, 0.3) is 0 Å². The summed E-state index contributed by atoms with van der Waals surface area (Å²) in [6.45, 7) is 5.73. The number of nitriles is 1. The molecule has 1 fully saturated rings. The van der Waals surface area contributed by atoms with Gasteiger partial charge in [-0.05, 0) is 6.42 Å². The number of rotatable bonds is 3. The van der Waals surface area contributed by atoms with E-state index >= 15 is 0 Å². The van der Waals surface area contributed by atoms with Crippen molar-refractivity contribution in [2.75, 3.05) is 26.3 Å². The molecule has 0 aromatic carbocycles. The number of morpholine rings is 1. The smallest absolute Gasteiger partial charge is 0.0909 e. The van der Waals surface area contributed by atoms with Crippen molar-refractivity contribution < 1.29 is 4.74 Å². The van der Waals surface area contributed by atoms with Gasteiger partial charge in [-0.25, -0.2) is 0 Å². The van der Waals surface area contributed by atoms with Gasteiger partial charge >= 0.3 is 0 Å². The van der Waals surface area contributed by atoms with E-state index in [1.54, 1.807) is 6.08 Å². The zero-order chi connectivity index (χ0) is 9.52. The van der Waals surface area contributed by atoms with Gasteiger partial charge in [0.05, 0.1) is 19.3 Å². The van der Waals surface area contributed by atoms with Crippen LogP contribution in [0.4, 0.5) is 0 Å². The molecule has 1 heterocycles. The Morgan fingerprint density at radius 1 is 1.54 bits per heavy atom. The summed E-state index contributed by atoms with van der Waals surface area (Å²) in [4.78, 5) is 2.36. The molecule has 3 nitrogen and oxygen atoms in total. The maximum absolute atomic E-state index is 8.43. The number of nitrogens with zero attached hydrogens (tertiary/aromatic N) is 2.